The zero-order chi connectivity index (χ0) is 24.0. The number of anilines is 2. The van der Waals surface area contributed by atoms with E-state index in [4.69, 9.17) is 4.74 Å². The number of aromatic nitrogens is 6. The largest absolute Gasteiger partial charge is 0.484 e. The Labute approximate surface area is 196 Å². The lowest BCUT2D eigenvalue weighted by Gasteiger charge is -2.22. The Balaban J connectivity index is 1.41. The topological polar surface area (TPSA) is 123 Å². The highest BCUT2D eigenvalue weighted by molar-refractivity contribution is 5.73. The van der Waals surface area contributed by atoms with Gasteiger partial charge in [0, 0.05) is 49.6 Å². The van der Waals surface area contributed by atoms with Crippen LogP contribution in [0.3, 0.4) is 0 Å². The molecule has 1 saturated heterocycles. The molecule has 176 valence electrons. The van der Waals surface area contributed by atoms with Gasteiger partial charge in [-0.3, -0.25) is 4.68 Å². The Bertz CT molecular complexity index is 1360. The molecule has 34 heavy (non-hydrogen) atoms. The molecule has 5 rings (SSSR count). The minimum Gasteiger partial charge on any atom is -0.484 e. The maximum Gasteiger partial charge on any atom is 0.407 e. The molecule has 0 aliphatic carbocycles. The van der Waals surface area contributed by atoms with Crippen LogP contribution < -0.4 is 10.1 Å². The van der Waals surface area contributed by atoms with Crippen molar-refractivity contribution < 1.29 is 14.6 Å². The van der Waals surface area contributed by atoms with Gasteiger partial charge in [-0.25, -0.2) is 19.3 Å². The van der Waals surface area contributed by atoms with Gasteiger partial charge in [0.05, 0.1) is 17.8 Å². The summed E-state index contributed by atoms with van der Waals surface area (Å²) in [5.74, 6) is 2.68. The zero-order valence-electron chi connectivity index (χ0n) is 19.4. The monoisotopic (exact) mass is 462 g/mol. The molecule has 2 N–H and O–H groups in total. The summed E-state index contributed by atoms with van der Waals surface area (Å²) in [7, 11) is 1.86. The predicted molar refractivity (Wildman–Crippen MR) is 125 cm³/mol. The number of hydrogen-bond donors (Lipinski definition) is 2. The fourth-order valence-corrected chi connectivity index (χ4v) is 4.45. The number of fused-ring (bicyclic) bond motifs is 1. The fraction of sp³-hybridized carbons (Fsp3) is 0.348. The van der Waals surface area contributed by atoms with E-state index < -0.39 is 6.09 Å². The Morgan fingerprint density at radius 3 is 2.76 bits per heavy atom. The molecule has 0 aromatic carbocycles. The van der Waals surface area contributed by atoms with Crippen molar-refractivity contribution in [3.63, 3.8) is 0 Å². The van der Waals surface area contributed by atoms with Gasteiger partial charge in [0.1, 0.15) is 23.4 Å². The van der Waals surface area contributed by atoms with Crippen LogP contribution in [0.15, 0.2) is 36.7 Å². The minimum absolute atomic E-state index is 0.228. The van der Waals surface area contributed by atoms with Crippen LogP contribution >= 0.6 is 0 Å². The zero-order valence-corrected chi connectivity index (χ0v) is 19.4. The van der Waals surface area contributed by atoms with Crippen LogP contribution in [-0.4, -0.2) is 64.2 Å². The van der Waals surface area contributed by atoms with E-state index in [-0.39, 0.29) is 12.1 Å². The lowest BCUT2D eigenvalue weighted by Crippen LogP contribution is -2.38. The van der Waals surface area contributed by atoms with Crippen molar-refractivity contribution >= 4 is 23.2 Å². The molecule has 0 bridgehead atoms. The highest BCUT2D eigenvalue weighted by Gasteiger charge is 2.36. The fourth-order valence-electron chi connectivity index (χ4n) is 4.45. The SMILES string of the molecule is Cc1cc(Nc2cc3cc(-c4c(O[C@H]5CCN(C(=O)O)[C@@H]5C)cnn4C)ccn3n2)nc(C)n1. The Morgan fingerprint density at radius 1 is 1.21 bits per heavy atom. The summed E-state index contributed by atoms with van der Waals surface area (Å²) in [4.78, 5) is 21.5. The van der Waals surface area contributed by atoms with E-state index in [1.807, 2.05) is 58.3 Å². The van der Waals surface area contributed by atoms with Gasteiger partial charge in [-0.2, -0.15) is 10.2 Å². The minimum atomic E-state index is -0.923. The Morgan fingerprint density at radius 2 is 2.03 bits per heavy atom. The number of hydrogen-bond acceptors (Lipinski definition) is 7. The van der Waals surface area contributed by atoms with E-state index in [1.54, 1.807) is 15.4 Å². The first-order valence-corrected chi connectivity index (χ1v) is 11.1. The van der Waals surface area contributed by atoms with Gasteiger partial charge in [-0.15, -0.1) is 0 Å². The van der Waals surface area contributed by atoms with Gasteiger partial charge < -0.3 is 20.1 Å². The molecular formula is C23H26N8O3. The van der Waals surface area contributed by atoms with Crippen molar-refractivity contribution in [2.45, 2.75) is 39.3 Å². The highest BCUT2D eigenvalue weighted by Crippen LogP contribution is 2.33. The van der Waals surface area contributed by atoms with Crippen LogP contribution in [-0.2, 0) is 7.05 Å². The van der Waals surface area contributed by atoms with E-state index in [0.717, 1.165) is 22.5 Å². The van der Waals surface area contributed by atoms with Crippen LogP contribution in [0.4, 0.5) is 16.4 Å². The smallest absolute Gasteiger partial charge is 0.407 e. The average molecular weight is 463 g/mol. The molecule has 0 radical (unpaired) electrons. The second-order valence-corrected chi connectivity index (χ2v) is 8.52. The predicted octanol–water partition coefficient (Wildman–Crippen LogP) is 3.40. The third-order valence-electron chi connectivity index (χ3n) is 6.07. The quantitative estimate of drug-likeness (QED) is 0.463. The van der Waals surface area contributed by atoms with Crippen molar-refractivity contribution in [1.82, 2.24) is 34.3 Å². The van der Waals surface area contributed by atoms with E-state index in [0.29, 0.717) is 36.2 Å². The summed E-state index contributed by atoms with van der Waals surface area (Å²) in [6.45, 7) is 6.11. The number of ether oxygens (including phenoxy) is 1. The Hall–Kier alpha value is -4.15. The lowest BCUT2D eigenvalue weighted by molar-refractivity contribution is 0.118. The highest BCUT2D eigenvalue weighted by atomic mass is 16.5. The van der Waals surface area contributed by atoms with Gasteiger partial charge >= 0.3 is 6.09 Å². The van der Waals surface area contributed by atoms with Crippen molar-refractivity contribution in [2.24, 2.45) is 7.05 Å². The number of likely N-dealkylation sites (tertiary alicyclic amines) is 1. The molecule has 1 aliphatic heterocycles. The first kappa shape index (κ1) is 21.7. The molecule has 0 unspecified atom stereocenters. The molecule has 11 nitrogen and oxygen atoms in total. The van der Waals surface area contributed by atoms with Crippen LogP contribution in [0.1, 0.15) is 24.9 Å². The van der Waals surface area contributed by atoms with E-state index in [1.165, 1.54) is 4.90 Å². The summed E-state index contributed by atoms with van der Waals surface area (Å²) < 4.78 is 9.80. The second kappa shape index (κ2) is 8.32. The summed E-state index contributed by atoms with van der Waals surface area (Å²) in [6, 6.07) is 7.55. The maximum atomic E-state index is 11.4. The molecule has 2 atom stereocenters. The number of carbonyl (C=O) groups is 1. The van der Waals surface area contributed by atoms with Crippen LogP contribution in [0.2, 0.25) is 0 Å². The third-order valence-corrected chi connectivity index (χ3v) is 6.07. The van der Waals surface area contributed by atoms with Crippen LogP contribution in [0.25, 0.3) is 16.8 Å². The normalized spacial score (nSPS) is 17.9. The van der Waals surface area contributed by atoms with Crippen LogP contribution in [0.5, 0.6) is 5.75 Å². The number of amides is 1. The standard InChI is InChI=1S/C23H26N8O3/c1-13-9-20(26-15(3)25-13)27-21-11-17-10-16(5-8-31(17)28-21)22-19(12-24-29(22)4)34-18-6-7-30(14(18)2)23(32)33/h5,8-12,14,18H,6-7H2,1-4H3,(H,32,33)(H,25,26,27,28)/t14-,18+/m1/s1. The van der Waals surface area contributed by atoms with E-state index >= 15 is 0 Å². The molecule has 1 aliphatic rings. The second-order valence-electron chi connectivity index (χ2n) is 8.52. The number of nitrogens with zero attached hydrogens (tertiary/aromatic N) is 7. The van der Waals surface area contributed by atoms with Crippen LogP contribution in [0, 0.1) is 13.8 Å². The Kier molecular flexibility index (Phi) is 5.31. The summed E-state index contributed by atoms with van der Waals surface area (Å²) >= 11 is 0. The van der Waals surface area contributed by atoms with E-state index in [2.05, 4.69) is 25.5 Å². The molecule has 1 fully saturated rings. The van der Waals surface area contributed by atoms with Gasteiger partial charge in [-0.1, -0.05) is 0 Å². The number of carboxylic acid groups (broad SMARTS) is 1. The van der Waals surface area contributed by atoms with Crippen molar-refractivity contribution in [3.05, 3.63) is 48.2 Å². The van der Waals surface area contributed by atoms with E-state index in [9.17, 15) is 9.90 Å². The molecule has 1 amide bonds. The third kappa shape index (κ3) is 4.00. The van der Waals surface area contributed by atoms with Crippen molar-refractivity contribution in [1.29, 1.82) is 0 Å². The molecular weight excluding hydrogens is 436 g/mol. The number of pyridine rings is 1. The van der Waals surface area contributed by atoms with Gasteiger partial charge in [0.15, 0.2) is 11.6 Å². The number of nitrogens with one attached hydrogen (secondary N) is 1. The summed E-state index contributed by atoms with van der Waals surface area (Å²) in [6.07, 6.45) is 3.05. The average Bonchev–Trinajstić information content (AvgIpc) is 3.44. The van der Waals surface area contributed by atoms with Gasteiger partial charge in [-0.05, 0) is 32.9 Å². The lowest BCUT2D eigenvalue weighted by atomic mass is 10.1. The summed E-state index contributed by atoms with van der Waals surface area (Å²) in [5, 5.41) is 21.6. The molecule has 11 heteroatoms. The summed E-state index contributed by atoms with van der Waals surface area (Å²) in [5.41, 5.74) is 3.51. The van der Waals surface area contributed by atoms with Crippen molar-refractivity contribution in [3.8, 4) is 17.0 Å². The maximum absolute atomic E-state index is 11.4. The van der Waals surface area contributed by atoms with Gasteiger partial charge in [0.2, 0.25) is 0 Å². The molecule has 0 saturated carbocycles. The number of aryl methyl sites for hydroxylation is 3. The number of rotatable bonds is 5. The first-order chi connectivity index (χ1) is 16.3. The molecule has 4 aromatic rings. The molecule has 5 heterocycles. The molecule has 0 spiro atoms. The first-order valence-electron chi connectivity index (χ1n) is 11.1. The molecule has 4 aromatic heterocycles. The van der Waals surface area contributed by atoms with Crippen molar-refractivity contribution in [2.75, 3.05) is 11.9 Å². The van der Waals surface area contributed by atoms with Gasteiger partial charge in [0.25, 0.3) is 0 Å².